The highest BCUT2D eigenvalue weighted by Crippen LogP contribution is 2.51. The van der Waals surface area contributed by atoms with Crippen molar-refractivity contribution >= 4 is 6.09 Å². The van der Waals surface area contributed by atoms with E-state index in [0.29, 0.717) is 5.41 Å². The molecule has 0 bridgehead atoms. The molecule has 2 rings (SSSR count). The van der Waals surface area contributed by atoms with Crippen LogP contribution in [0.15, 0.2) is 0 Å². The SMILES string of the molecule is CC(C)(C)OC(=O)N1CCN(CC2CC2(C)C)CC1. The molecular formula is C15H28N2O2. The second kappa shape index (κ2) is 4.97. The van der Waals surface area contributed by atoms with Crippen LogP contribution in [0.4, 0.5) is 4.79 Å². The first-order valence-electron chi connectivity index (χ1n) is 7.38. The molecular weight excluding hydrogens is 240 g/mol. The topological polar surface area (TPSA) is 32.8 Å². The zero-order valence-electron chi connectivity index (χ0n) is 13.0. The van der Waals surface area contributed by atoms with Crippen LogP contribution in [0.2, 0.25) is 0 Å². The number of rotatable bonds is 2. The molecule has 19 heavy (non-hydrogen) atoms. The molecule has 1 unspecified atom stereocenters. The van der Waals surface area contributed by atoms with Crippen LogP contribution >= 0.6 is 0 Å². The summed E-state index contributed by atoms with van der Waals surface area (Å²) in [4.78, 5) is 16.3. The Labute approximate surface area is 117 Å². The smallest absolute Gasteiger partial charge is 0.410 e. The minimum atomic E-state index is -0.397. The first-order chi connectivity index (χ1) is 8.67. The minimum absolute atomic E-state index is 0.168. The van der Waals surface area contributed by atoms with Crippen LogP contribution in [0.5, 0.6) is 0 Å². The molecule has 2 aliphatic rings. The van der Waals surface area contributed by atoms with E-state index in [1.54, 1.807) is 0 Å². The van der Waals surface area contributed by atoms with Crippen LogP contribution in [0.3, 0.4) is 0 Å². The van der Waals surface area contributed by atoms with Gasteiger partial charge in [-0.1, -0.05) is 13.8 Å². The number of amides is 1. The van der Waals surface area contributed by atoms with Crippen molar-refractivity contribution in [1.29, 1.82) is 0 Å². The van der Waals surface area contributed by atoms with Crippen molar-refractivity contribution in [1.82, 2.24) is 9.80 Å². The maximum absolute atomic E-state index is 11.9. The third-order valence-corrected chi connectivity index (χ3v) is 4.22. The second-order valence-electron chi connectivity index (χ2n) is 7.66. The molecule has 0 N–H and O–H groups in total. The van der Waals surface area contributed by atoms with Crippen molar-refractivity contribution in [2.24, 2.45) is 11.3 Å². The van der Waals surface area contributed by atoms with Crippen LogP contribution in [0.25, 0.3) is 0 Å². The first-order valence-corrected chi connectivity index (χ1v) is 7.38. The quantitative estimate of drug-likeness (QED) is 0.771. The Hall–Kier alpha value is -0.770. The molecule has 0 aromatic rings. The molecule has 1 saturated carbocycles. The lowest BCUT2D eigenvalue weighted by Gasteiger charge is -2.35. The Morgan fingerprint density at radius 3 is 2.16 bits per heavy atom. The molecule has 0 aromatic heterocycles. The van der Waals surface area contributed by atoms with E-state index in [1.807, 2.05) is 25.7 Å². The van der Waals surface area contributed by atoms with Gasteiger partial charge in [0, 0.05) is 32.7 Å². The lowest BCUT2D eigenvalue weighted by atomic mass is 10.1. The fourth-order valence-electron chi connectivity index (χ4n) is 2.64. The summed E-state index contributed by atoms with van der Waals surface area (Å²) in [6.07, 6.45) is 1.18. The Balaban J connectivity index is 1.72. The van der Waals surface area contributed by atoms with E-state index in [9.17, 15) is 4.79 Å². The zero-order valence-corrected chi connectivity index (χ0v) is 13.0. The average Bonchev–Trinajstić information content (AvgIpc) is 2.84. The van der Waals surface area contributed by atoms with Crippen LogP contribution in [0.1, 0.15) is 41.0 Å². The van der Waals surface area contributed by atoms with Crippen molar-refractivity contribution in [3.63, 3.8) is 0 Å². The number of ether oxygens (including phenoxy) is 1. The van der Waals surface area contributed by atoms with Gasteiger partial charge in [-0.15, -0.1) is 0 Å². The third kappa shape index (κ3) is 4.10. The van der Waals surface area contributed by atoms with Gasteiger partial charge in [-0.25, -0.2) is 4.79 Å². The Morgan fingerprint density at radius 1 is 1.21 bits per heavy atom. The van der Waals surface area contributed by atoms with Crippen LogP contribution in [-0.2, 0) is 4.74 Å². The monoisotopic (exact) mass is 268 g/mol. The number of hydrogen-bond acceptors (Lipinski definition) is 3. The highest BCUT2D eigenvalue weighted by Gasteiger charge is 2.46. The van der Waals surface area contributed by atoms with Crippen molar-refractivity contribution in [3.8, 4) is 0 Å². The van der Waals surface area contributed by atoms with Gasteiger partial charge in [0.15, 0.2) is 0 Å². The van der Waals surface area contributed by atoms with Crippen molar-refractivity contribution in [2.75, 3.05) is 32.7 Å². The van der Waals surface area contributed by atoms with E-state index >= 15 is 0 Å². The van der Waals surface area contributed by atoms with Gasteiger partial charge < -0.3 is 9.64 Å². The van der Waals surface area contributed by atoms with Gasteiger partial charge in [0.05, 0.1) is 0 Å². The fraction of sp³-hybridized carbons (Fsp3) is 0.933. The molecule has 1 amide bonds. The molecule has 1 heterocycles. The predicted octanol–water partition coefficient (Wildman–Crippen LogP) is 2.59. The van der Waals surface area contributed by atoms with E-state index < -0.39 is 5.60 Å². The molecule has 1 atom stereocenters. The molecule has 4 heteroatoms. The van der Waals surface area contributed by atoms with Gasteiger partial charge in [-0.3, -0.25) is 4.90 Å². The number of piperazine rings is 1. The molecule has 0 radical (unpaired) electrons. The first kappa shape index (κ1) is 14.6. The molecule has 0 spiro atoms. The fourth-order valence-corrected chi connectivity index (χ4v) is 2.64. The van der Waals surface area contributed by atoms with Crippen molar-refractivity contribution < 1.29 is 9.53 Å². The summed E-state index contributed by atoms with van der Waals surface area (Å²) >= 11 is 0. The second-order valence-corrected chi connectivity index (χ2v) is 7.66. The largest absolute Gasteiger partial charge is 0.444 e. The van der Waals surface area contributed by atoms with Crippen molar-refractivity contribution in [3.05, 3.63) is 0 Å². The molecule has 4 nitrogen and oxygen atoms in total. The summed E-state index contributed by atoms with van der Waals surface area (Å²) in [6, 6.07) is 0. The summed E-state index contributed by atoms with van der Waals surface area (Å²) in [5.74, 6) is 0.848. The summed E-state index contributed by atoms with van der Waals surface area (Å²) < 4.78 is 5.41. The summed E-state index contributed by atoms with van der Waals surface area (Å²) in [5, 5.41) is 0. The van der Waals surface area contributed by atoms with Crippen molar-refractivity contribution in [2.45, 2.75) is 46.6 Å². The van der Waals surface area contributed by atoms with Crippen LogP contribution < -0.4 is 0 Å². The summed E-state index contributed by atoms with van der Waals surface area (Å²) in [6.45, 7) is 15.2. The van der Waals surface area contributed by atoms with Crippen LogP contribution in [-0.4, -0.2) is 54.2 Å². The van der Waals surface area contributed by atoms with Gasteiger partial charge >= 0.3 is 6.09 Å². The predicted molar refractivity (Wildman–Crippen MR) is 76.1 cm³/mol. The summed E-state index contributed by atoms with van der Waals surface area (Å²) in [5.41, 5.74) is 0.147. The van der Waals surface area contributed by atoms with E-state index in [0.717, 1.165) is 32.1 Å². The highest BCUT2D eigenvalue weighted by atomic mass is 16.6. The van der Waals surface area contributed by atoms with Gasteiger partial charge in [-0.05, 0) is 38.5 Å². The minimum Gasteiger partial charge on any atom is -0.444 e. The summed E-state index contributed by atoms with van der Waals surface area (Å²) in [7, 11) is 0. The molecule has 1 aliphatic heterocycles. The number of hydrogen-bond donors (Lipinski definition) is 0. The Kier molecular flexibility index (Phi) is 3.83. The Morgan fingerprint density at radius 2 is 1.74 bits per heavy atom. The van der Waals surface area contributed by atoms with E-state index in [4.69, 9.17) is 4.74 Å². The molecule has 1 aliphatic carbocycles. The normalized spacial score (nSPS) is 27.2. The Bertz CT molecular complexity index is 339. The van der Waals surface area contributed by atoms with E-state index in [2.05, 4.69) is 18.7 Å². The number of carbonyl (C=O) groups excluding carboxylic acids is 1. The third-order valence-electron chi connectivity index (χ3n) is 4.22. The van der Waals surface area contributed by atoms with Gasteiger partial charge in [0.25, 0.3) is 0 Å². The molecule has 1 saturated heterocycles. The molecule has 110 valence electrons. The average molecular weight is 268 g/mol. The van der Waals surface area contributed by atoms with Gasteiger partial charge in [0.2, 0.25) is 0 Å². The van der Waals surface area contributed by atoms with Crippen LogP contribution in [0, 0.1) is 11.3 Å². The number of carbonyl (C=O) groups is 1. The molecule has 0 aromatic carbocycles. The zero-order chi connectivity index (χ0) is 14.3. The van der Waals surface area contributed by atoms with E-state index in [-0.39, 0.29) is 6.09 Å². The lowest BCUT2D eigenvalue weighted by Crippen LogP contribution is -2.50. The highest BCUT2D eigenvalue weighted by molar-refractivity contribution is 5.68. The number of nitrogens with zero attached hydrogens (tertiary/aromatic N) is 2. The van der Waals surface area contributed by atoms with E-state index in [1.165, 1.54) is 13.0 Å². The van der Waals surface area contributed by atoms with Gasteiger partial charge in [-0.2, -0.15) is 0 Å². The lowest BCUT2D eigenvalue weighted by molar-refractivity contribution is 0.0139. The maximum Gasteiger partial charge on any atom is 0.410 e. The standard InChI is InChI=1S/C15H28N2O2/c1-14(2,3)19-13(18)17-8-6-16(7-9-17)11-12-10-15(12,4)5/h12H,6-11H2,1-5H3. The van der Waals surface area contributed by atoms with Gasteiger partial charge in [0.1, 0.15) is 5.60 Å². The molecule has 2 fully saturated rings. The maximum atomic E-state index is 11.9.